The first kappa shape index (κ1) is 15.1. The fraction of sp³-hybridized carbons (Fsp3) is 0.167. The molecule has 0 atom stereocenters. The normalized spacial score (nSPS) is 13.9. The Balaban J connectivity index is 1.73. The molecule has 2 aromatic carbocycles. The van der Waals surface area contributed by atoms with E-state index in [2.05, 4.69) is 31.2 Å². The van der Waals surface area contributed by atoms with Gasteiger partial charge in [-0.3, -0.25) is 4.79 Å². The molecular weight excluding hydrogens is 368 g/mol. The molecule has 3 N–H and O–H groups in total. The maximum absolute atomic E-state index is 12.3. The van der Waals surface area contributed by atoms with E-state index in [1.807, 2.05) is 36.4 Å². The molecule has 1 aromatic heterocycles. The summed E-state index contributed by atoms with van der Waals surface area (Å²) in [6.07, 6.45) is 3.85. The summed E-state index contributed by atoms with van der Waals surface area (Å²) < 4.78 is 0.870. The van der Waals surface area contributed by atoms with Crippen molar-refractivity contribution in [3.63, 3.8) is 0 Å². The van der Waals surface area contributed by atoms with E-state index in [9.17, 15) is 4.79 Å². The molecule has 1 aliphatic carbocycles. The van der Waals surface area contributed by atoms with Crippen LogP contribution in [-0.2, 0) is 0 Å². The first-order chi connectivity index (χ1) is 11.6. The molecule has 1 fully saturated rings. The summed E-state index contributed by atoms with van der Waals surface area (Å²) in [5.41, 5.74) is 9.03. The highest BCUT2D eigenvalue weighted by Gasteiger charge is 2.24. The fourth-order valence-corrected chi connectivity index (χ4v) is 3.10. The Kier molecular flexibility index (Phi) is 3.69. The minimum atomic E-state index is -0.0306. The highest BCUT2D eigenvalue weighted by Crippen LogP contribution is 2.28. The summed E-state index contributed by atoms with van der Waals surface area (Å²) in [5, 5.41) is 3.93. The lowest BCUT2D eigenvalue weighted by Crippen LogP contribution is -2.25. The number of halogens is 1. The van der Waals surface area contributed by atoms with Crippen LogP contribution in [0.2, 0.25) is 0 Å². The van der Waals surface area contributed by atoms with Crippen LogP contribution < -0.4 is 11.1 Å². The molecule has 4 rings (SSSR count). The Morgan fingerprint density at radius 1 is 1.17 bits per heavy atom. The summed E-state index contributed by atoms with van der Waals surface area (Å²) in [6, 6.07) is 12.0. The van der Waals surface area contributed by atoms with Crippen LogP contribution in [0.5, 0.6) is 0 Å². The van der Waals surface area contributed by atoms with Crippen molar-refractivity contribution in [1.82, 2.24) is 15.3 Å². The van der Waals surface area contributed by atoms with Gasteiger partial charge < -0.3 is 11.1 Å². The predicted octanol–water partition coefficient (Wildman–Crippen LogP) is 3.53. The van der Waals surface area contributed by atoms with Gasteiger partial charge in [0.25, 0.3) is 5.91 Å². The van der Waals surface area contributed by atoms with E-state index >= 15 is 0 Å². The third-order valence-electron chi connectivity index (χ3n) is 4.00. The lowest BCUT2D eigenvalue weighted by molar-refractivity contribution is 0.0951. The van der Waals surface area contributed by atoms with Crippen molar-refractivity contribution in [3.8, 4) is 11.1 Å². The molecule has 0 radical (unpaired) electrons. The van der Waals surface area contributed by atoms with Crippen LogP contribution in [0.4, 0.5) is 5.95 Å². The molecule has 120 valence electrons. The maximum atomic E-state index is 12.3. The Morgan fingerprint density at radius 3 is 2.79 bits per heavy atom. The lowest BCUT2D eigenvalue weighted by Gasteiger charge is -2.09. The maximum Gasteiger partial charge on any atom is 0.251 e. The van der Waals surface area contributed by atoms with Gasteiger partial charge in [-0.25, -0.2) is 9.97 Å². The standard InChI is InChI=1S/C18H15BrN4O/c19-14-7-11(6-12(8-14)17(24)22-15-2-3-15)10-1-4-16-13(5-10)9-21-18(20)23-16/h1,4-9,15H,2-3H2,(H,22,24)(H2,20,21,23). The number of nitrogens with two attached hydrogens (primary N) is 1. The molecule has 1 saturated carbocycles. The highest BCUT2D eigenvalue weighted by atomic mass is 79.9. The van der Waals surface area contributed by atoms with Crippen molar-refractivity contribution < 1.29 is 4.79 Å². The number of carbonyl (C=O) groups excluding carboxylic acids is 1. The van der Waals surface area contributed by atoms with Gasteiger partial charge in [-0.15, -0.1) is 0 Å². The predicted molar refractivity (Wildman–Crippen MR) is 97.6 cm³/mol. The van der Waals surface area contributed by atoms with Crippen LogP contribution in [0.25, 0.3) is 22.0 Å². The molecule has 1 aliphatic rings. The molecule has 3 aromatic rings. The SMILES string of the molecule is Nc1ncc2cc(-c3cc(Br)cc(C(=O)NC4CC4)c3)ccc2n1. The first-order valence-electron chi connectivity index (χ1n) is 7.72. The minimum Gasteiger partial charge on any atom is -0.368 e. The molecule has 0 spiro atoms. The van der Waals surface area contributed by atoms with Crippen LogP contribution in [0.3, 0.4) is 0 Å². The zero-order chi connectivity index (χ0) is 16.7. The molecular formula is C18H15BrN4O. The quantitative estimate of drug-likeness (QED) is 0.725. The van der Waals surface area contributed by atoms with E-state index in [-0.39, 0.29) is 11.9 Å². The van der Waals surface area contributed by atoms with Gasteiger partial charge in [0.15, 0.2) is 0 Å². The second-order valence-corrected chi connectivity index (χ2v) is 6.89. The fourth-order valence-electron chi connectivity index (χ4n) is 2.61. The number of amides is 1. The van der Waals surface area contributed by atoms with Crippen molar-refractivity contribution in [1.29, 1.82) is 0 Å². The number of benzene rings is 2. The van der Waals surface area contributed by atoms with Crippen molar-refractivity contribution in [2.45, 2.75) is 18.9 Å². The molecule has 0 unspecified atom stereocenters. The molecule has 6 heteroatoms. The molecule has 5 nitrogen and oxygen atoms in total. The van der Waals surface area contributed by atoms with Crippen LogP contribution >= 0.6 is 15.9 Å². The van der Waals surface area contributed by atoms with Gasteiger partial charge >= 0.3 is 0 Å². The molecule has 1 heterocycles. The van der Waals surface area contributed by atoms with Crippen LogP contribution in [-0.4, -0.2) is 21.9 Å². The number of anilines is 1. The van der Waals surface area contributed by atoms with Gasteiger partial charge in [0.05, 0.1) is 5.52 Å². The van der Waals surface area contributed by atoms with Gasteiger partial charge in [0.2, 0.25) is 5.95 Å². The van der Waals surface area contributed by atoms with E-state index in [1.54, 1.807) is 6.20 Å². The molecule has 0 aliphatic heterocycles. The summed E-state index contributed by atoms with van der Waals surface area (Å²) >= 11 is 3.50. The monoisotopic (exact) mass is 382 g/mol. The summed E-state index contributed by atoms with van der Waals surface area (Å²) in [7, 11) is 0. The molecule has 0 saturated heterocycles. The van der Waals surface area contributed by atoms with Gasteiger partial charge in [0.1, 0.15) is 0 Å². The van der Waals surface area contributed by atoms with E-state index in [4.69, 9.17) is 5.73 Å². The number of aromatic nitrogens is 2. The second kappa shape index (κ2) is 5.87. The van der Waals surface area contributed by atoms with Crippen molar-refractivity contribution in [2.24, 2.45) is 0 Å². The number of hydrogen-bond donors (Lipinski definition) is 2. The van der Waals surface area contributed by atoms with E-state index < -0.39 is 0 Å². The summed E-state index contributed by atoms with van der Waals surface area (Å²) in [6.45, 7) is 0. The summed E-state index contributed by atoms with van der Waals surface area (Å²) in [4.78, 5) is 20.6. The lowest BCUT2D eigenvalue weighted by atomic mass is 10.0. The van der Waals surface area contributed by atoms with Crippen molar-refractivity contribution in [2.75, 3.05) is 5.73 Å². The van der Waals surface area contributed by atoms with Gasteiger partial charge in [-0.1, -0.05) is 22.0 Å². The van der Waals surface area contributed by atoms with E-state index in [0.29, 0.717) is 11.6 Å². The number of carbonyl (C=O) groups is 1. The average Bonchev–Trinajstić information content (AvgIpc) is 3.37. The van der Waals surface area contributed by atoms with Crippen LogP contribution in [0, 0.1) is 0 Å². The molecule has 0 bridgehead atoms. The Bertz CT molecular complexity index is 953. The zero-order valence-electron chi connectivity index (χ0n) is 12.8. The number of rotatable bonds is 3. The van der Waals surface area contributed by atoms with E-state index in [0.717, 1.165) is 39.3 Å². The Hall–Kier alpha value is -2.47. The first-order valence-corrected chi connectivity index (χ1v) is 8.52. The number of nitrogens with zero attached hydrogens (tertiary/aromatic N) is 2. The average molecular weight is 383 g/mol. The summed E-state index contributed by atoms with van der Waals surface area (Å²) in [5.74, 6) is 0.230. The van der Waals surface area contributed by atoms with Crippen molar-refractivity contribution in [3.05, 3.63) is 52.6 Å². The third-order valence-corrected chi connectivity index (χ3v) is 4.46. The Morgan fingerprint density at radius 2 is 2.00 bits per heavy atom. The molecule has 24 heavy (non-hydrogen) atoms. The van der Waals surface area contributed by atoms with Gasteiger partial charge in [-0.05, 0) is 54.3 Å². The third kappa shape index (κ3) is 3.10. The van der Waals surface area contributed by atoms with Gasteiger partial charge in [0, 0.05) is 27.7 Å². The zero-order valence-corrected chi connectivity index (χ0v) is 14.4. The van der Waals surface area contributed by atoms with Gasteiger partial charge in [-0.2, -0.15) is 0 Å². The topological polar surface area (TPSA) is 80.9 Å². The highest BCUT2D eigenvalue weighted by molar-refractivity contribution is 9.10. The largest absolute Gasteiger partial charge is 0.368 e. The van der Waals surface area contributed by atoms with Crippen LogP contribution in [0.1, 0.15) is 23.2 Å². The minimum absolute atomic E-state index is 0.0306. The number of nitrogens with one attached hydrogen (secondary N) is 1. The molecule has 1 amide bonds. The van der Waals surface area contributed by atoms with Crippen LogP contribution in [0.15, 0.2) is 47.1 Å². The smallest absolute Gasteiger partial charge is 0.251 e. The second-order valence-electron chi connectivity index (χ2n) is 5.98. The Labute approximate surface area is 147 Å². The number of hydrogen-bond acceptors (Lipinski definition) is 4. The van der Waals surface area contributed by atoms with Crippen molar-refractivity contribution >= 4 is 38.7 Å². The van der Waals surface area contributed by atoms with E-state index in [1.165, 1.54) is 0 Å². The number of nitrogen functional groups attached to an aromatic ring is 1. The number of fused-ring (bicyclic) bond motifs is 1.